The topological polar surface area (TPSA) is 368 Å². The van der Waals surface area contributed by atoms with Crippen LogP contribution in [-0.4, -0.2) is 143 Å². The molecular formula is C47H73N13O10. The van der Waals surface area contributed by atoms with Gasteiger partial charge in [-0.2, -0.15) is 0 Å². The number of amides is 8. The quantitative estimate of drug-likeness (QED) is 0.0274. The number of benzene rings is 1. The van der Waals surface area contributed by atoms with Gasteiger partial charge < -0.3 is 69.4 Å². The van der Waals surface area contributed by atoms with Crippen LogP contribution >= 0.6 is 0 Å². The Kier molecular flexibility index (Phi) is 21.9. The highest BCUT2D eigenvalue weighted by atomic mass is 16.4. The van der Waals surface area contributed by atoms with Crippen molar-refractivity contribution in [2.24, 2.45) is 34.0 Å². The lowest BCUT2D eigenvalue weighted by Crippen LogP contribution is -2.60. The fourth-order valence-electron chi connectivity index (χ4n) is 8.55. The highest BCUT2D eigenvalue weighted by molar-refractivity contribution is 5.98. The number of guanidine groups is 1. The van der Waals surface area contributed by atoms with E-state index < -0.39 is 102 Å². The Bertz CT molecular complexity index is 2190. The number of hydrogen-bond donors (Lipinski definition) is 12. The van der Waals surface area contributed by atoms with Crippen molar-refractivity contribution in [1.29, 1.82) is 0 Å². The first-order chi connectivity index (χ1) is 33.3. The lowest BCUT2D eigenvalue weighted by Gasteiger charge is -2.31. The summed E-state index contributed by atoms with van der Waals surface area (Å²) in [6, 6.07) is -0.472. The molecule has 1 unspecified atom stereocenters. The molecule has 2 saturated heterocycles. The average molecular weight is 980 g/mol. The number of aromatic nitrogens is 1. The summed E-state index contributed by atoms with van der Waals surface area (Å²) in [6.45, 7) is 7.32. The van der Waals surface area contributed by atoms with E-state index in [1.807, 2.05) is 45.0 Å². The summed E-state index contributed by atoms with van der Waals surface area (Å²) >= 11 is 0. The molecule has 2 aliphatic rings. The van der Waals surface area contributed by atoms with Crippen LogP contribution in [-0.2, 0) is 49.6 Å². The predicted molar refractivity (Wildman–Crippen MR) is 260 cm³/mol. The van der Waals surface area contributed by atoms with Crippen molar-refractivity contribution in [2.45, 2.75) is 147 Å². The number of hydrogen-bond acceptors (Lipinski definition) is 11. The monoisotopic (exact) mass is 980 g/mol. The van der Waals surface area contributed by atoms with Crippen molar-refractivity contribution < 1.29 is 48.3 Å². The van der Waals surface area contributed by atoms with Gasteiger partial charge in [-0.05, 0) is 87.8 Å². The molecule has 2 aromatic rings. The summed E-state index contributed by atoms with van der Waals surface area (Å²) in [7, 11) is 0. The number of nitrogens with two attached hydrogens (primary N) is 3. The molecule has 0 saturated carbocycles. The number of aromatic amines is 1. The molecule has 1 aromatic carbocycles. The Morgan fingerprint density at radius 2 is 1.54 bits per heavy atom. The summed E-state index contributed by atoms with van der Waals surface area (Å²) in [5.41, 5.74) is 18.3. The molecule has 0 aliphatic carbocycles. The van der Waals surface area contributed by atoms with Crippen LogP contribution in [0, 0.1) is 11.8 Å². The average Bonchev–Trinajstić information content (AvgIpc) is 4.10. The maximum Gasteiger partial charge on any atom is 0.326 e. The fraction of sp³-hybridized carbons (Fsp3) is 0.617. The van der Waals surface area contributed by atoms with Gasteiger partial charge in [0.15, 0.2) is 5.96 Å². The van der Waals surface area contributed by atoms with Crippen LogP contribution in [0.3, 0.4) is 0 Å². The second kappa shape index (κ2) is 27.4. The molecule has 386 valence electrons. The number of carboxylic acid groups (broad SMARTS) is 1. The number of aliphatic carboxylic acids is 1. The number of aliphatic imine (C=N–C) groups is 1. The molecule has 23 nitrogen and oxygen atoms in total. The Hall–Kier alpha value is -6.78. The molecule has 8 amide bonds. The predicted octanol–water partition coefficient (Wildman–Crippen LogP) is -1.12. The molecule has 2 aliphatic heterocycles. The van der Waals surface area contributed by atoms with Gasteiger partial charge in [-0.25, -0.2) is 4.79 Å². The van der Waals surface area contributed by atoms with Gasteiger partial charge in [0.25, 0.3) is 0 Å². The zero-order valence-corrected chi connectivity index (χ0v) is 40.6. The third-order valence-corrected chi connectivity index (χ3v) is 12.6. The lowest BCUT2D eigenvalue weighted by molar-refractivity contribution is -0.143. The van der Waals surface area contributed by atoms with E-state index >= 15 is 0 Å². The molecule has 3 heterocycles. The maximum absolute atomic E-state index is 14.6. The number of likely N-dealkylation sites (tertiary alicyclic amines) is 1. The molecule has 0 radical (unpaired) electrons. The number of nitrogens with zero attached hydrogens (tertiary/aromatic N) is 2. The SMILES string of the molecule is CC[C@H](C)C(NC(=O)[C@H](Cc1c[nH]c2ccccc12)NC(=O)[C@@H]1CCCN1C(=O)[C@H](CCCN=C(N)N)NC(=O)[C@H](CCCCN)NC(=O)CNC(=O)[C@@H]1CCC(=O)N1)C(=O)N[C@@H](CC(C)C)C(=O)O. The number of carbonyl (C=O) groups excluding carboxylic acids is 8. The van der Waals surface area contributed by atoms with E-state index in [0.717, 1.165) is 10.9 Å². The number of fused-ring (bicyclic) bond motifs is 1. The van der Waals surface area contributed by atoms with Gasteiger partial charge in [0.05, 0.1) is 6.54 Å². The Morgan fingerprint density at radius 1 is 0.843 bits per heavy atom. The van der Waals surface area contributed by atoms with Crippen LogP contribution < -0.4 is 54.4 Å². The minimum Gasteiger partial charge on any atom is -0.480 e. The maximum atomic E-state index is 14.6. The minimum atomic E-state index is -1.27. The Labute approximate surface area is 407 Å². The third-order valence-electron chi connectivity index (χ3n) is 12.6. The molecule has 0 bridgehead atoms. The van der Waals surface area contributed by atoms with Gasteiger partial charge in [-0.3, -0.25) is 43.3 Å². The first-order valence-electron chi connectivity index (χ1n) is 24.2. The largest absolute Gasteiger partial charge is 0.480 e. The number of H-pyrrole nitrogens is 1. The third kappa shape index (κ3) is 16.7. The van der Waals surface area contributed by atoms with E-state index in [1.165, 1.54) is 4.90 Å². The Morgan fingerprint density at radius 3 is 2.20 bits per heavy atom. The van der Waals surface area contributed by atoms with Crippen LogP contribution in [0.2, 0.25) is 0 Å². The van der Waals surface area contributed by atoms with E-state index in [-0.39, 0.29) is 82.2 Å². The summed E-state index contributed by atoms with van der Waals surface area (Å²) in [5.74, 6) is -6.73. The molecule has 70 heavy (non-hydrogen) atoms. The summed E-state index contributed by atoms with van der Waals surface area (Å²) in [5, 5.41) is 29.3. The van der Waals surface area contributed by atoms with Crippen molar-refractivity contribution in [1.82, 2.24) is 47.1 Å². The van der Waals surface area contributed by atoms with Crippen molar-refractivity contribution in [2.75, 3.05) is 26.2 Å². The number of nitrogens with one attached hydrogen (secondary N) is 8. The highest BCUT2D eigenvalue weighted by Crippen LogP contribution is 2.23. The first kappa shape index (κ1) is 55.8. The number of unbranched alkanes of at least 4 members (excludes halogenated alkanes) is 1. The van der Waals surface area contributed by atoms with E-state index in [2.05, 4.69) is 47.2 Å². The number of rotatable bonds is 28. The first-order valence-corrected chi connectivity index (χ1v) is 24.2. The lowest BCUT2D eigenvalue weighted by atomic mass is 9.96. The highest BCUT2D eigenvalue weighted by Gasteiger charge is 2.40. The van der Waals surface area contributed by atoms with Gasteiger partial charge >= 0.3 is 5.97 Å². The van der Waals surface area contributed by atoms with Crippen LogP contribution in [0.5, 0.6) is 0 Å². The zero-order chi connectivity index (χ0) is 51.5. The van der Waals surface area contributed by atoms with Crippen molar-refractivity contribution >= 4 is 70.1 Å². The minimum absolute atomic E-state index is 0.0240. The van der Waals surface area contributed by atoms with E-state index in [1.54, 1.807) is 13.1 Å². The van der Waals surface area contributed by atoms with Gasteiger partial charge in [0.1, 0.15) is 42.3 Å². The van der Waals surface area contributed by atoms with Gasteiger partial charge in [0, 0.05) is 43.0 Å². The smallest absolute Gasteiger partial charge is 0.326 e. The van der Waals surface area contributed by atoms with Crippen LogP contribution in [0.15, 0.2) is 35.5 Å². The zero-order valence-electron chi connectivity index (χ0n) is 40.6. The molecule has 0 spiro atoms. The number of carbonyl (C=O) groups is 9. The van der Waals surface area contributed by atoms with Crippen molar-refractivity contribution in [3.05, 3.63) is 36.0 Å². The summed E-state index contributed by atoms with van der Waals surface area (Å²) < 4.78 is 0. The van der Waals surface area contributed by atoms with E-state index in [9.17, 15) is 48.3 Å². The second-order valence-electron chi connectivity index (χ2n) is 18.5. The van der Waals surface area contributed by atoms with Crippen LogP contribution in [0.1, 0.15) is 104 Å². The number of para-hydroxylation sites is 1. The van der Waals surface area contributed by atoms with Gasteiger partial charge in [-0.1, -0.05) is 52.3 Å². The fourth-order valence-corrected chi connectivity index (χ4v) is 8.55. The molecule has 1 aromatic heterocycles. The summed E-state index contributed by atoms with van der Waals surface area (Å²) in [6.07, 6.45) is 4.76. The standard InChI is InChI=1S/C47H73N13O10/c1-5-27(4)39(44(67)58-35(46(69)70)22-26(2)3)59-42(65)34(23-28-24-52-30-13-7-6-12-29(28)30)57-43(66)36-16-11-21-60(36)45(68)33(15-10-20-51-47(49)50)56-41(64)31(14-8-9-19-48)55-38(62)25-53-40(63)32-17-18-37(61)54-32/h6-7,12-13,24,26-27,31-36,39,52H,5,8-11,14-23,25,48H2,1-4H3,(H,53,63)(H,54,61)(H,55,62)(H,56,64)(H,57,66)(H,58,67)(H,59,65)(H,69,70)(H4,49,50,51)/t27-,31-,32-,33-,34-,35-,36-,39?/m0/s1. The molecule has 4 rings (SSSR count). The van der Waals surface area contributed by atoms with Gasteiger partial charge in [0.2, 0.25) is 47.3 Å². The second-order valence-corrected chi connectivity index (χ2v) is 18.5. The van der Waals surface area contributed by atoms with Crippen molar-refractivity contribution in [3.63, 3.8) is 0 Å². The molecule has 15 N–H and O–H groups in total. The van der Waals surface area contributed by atoms with Gasteiger partial charge in [-0.15, -0.1) is 0 Å². The molecular weight excluding hydrogens is 907 g/mol. The summed E-state index contributed by atoms with van der Waals surface area (Å²) in [4.78, 5) is 129. The van der Waals surface area contributed by atoms with E-state index in [0.29, 0.717) is 37.8 Å². The van der Waals surface area contributed by atoms with Crippen LogP contribution in [0.25, 0.3) is 10.9 Å². The Balaban J connectivity index is 1.57. The van der Waals surface area contributed by atoms with Crippen molar-refractivity contribution in [3.8, 4) is 0 Å². The number of carboxylic acids is 1. The van der Waals surface area contributed by atoms with E-state index in [4.69, 9.17) is 17.2 Å². The molecule has 2 fully saturated rings. The molecule has 8 atom stereocenters. The molecule has 23 heteroatoms. The normalized spacial score (nSPS) is 18.1. The van der Waals surface area contributed by atoms with Crippen LogP contribution in [0.4, 0.5) is 0 Å².